The lowest BCUT2D eigenvalue weighted by Gasteiger charge is -2.13. The summed E-state index contributed by atoms with van der Waals surface area (Å²) in [6.07, 6.45) is 0. The number of fused-ring (bicyclic) bond motifs is 9. The lowest BCUT2D eigenvalue weighted by atomic mass is 9.95. The van der Waals surface area contributed by atoms with Crippen LogP contribution in [-0.4, -0.2) is 11.4 Å². The molecular weight excluding hydrogens is 506 g/mol. The van der Waals surface area contributed by atoms with Gasteiger partial charge in [0.25, 0.3) is 0 Å². The fraction of sp³-hybridized carbons (Fsp3) is 0.0270. The van der Waals surface area contributed by atoms with Crippen molar-refractivity contribution in [2.24, 2.45) is 0 Å². The Kier molecular flexibility index (Phi) is 4.64. The van der Waals surface area contributed by atoms with Crippen molar-refractivity contribution in [3.63, 3.8) is 0 Å². The third-order valence-electron chi connectivity index (χ3n) is 8.22. The zero-order valence-corrected chi connectivity index (χ0v) is 22.0. The fourth-order valence-corrected chi connectivity index (χ4v) is 6.40. The molecule has 0 fully saturated rings. The molecule has 0 unspecified atom stereocenters. The third kappa shape index (κ3) is 3.28. The maximum absolute atomic E-state index is 6.19. The normalized spacial score (nSPS) is 12.7. The highest BCUT2D eigenvalue weighted by Gasteiger charge is 2.21. The Hall–Kier alpha value is -5.48. The number of aromatic nitrogens is 1. The van der Waals surface area contributed by atoms with Crippen LogP contribution in [0.1, 0.15) is 0 Å². The Morgan fingerprint density at radius 1 is 0.488 bits per heavy atom. The monoisotopic (exact) mass is 529 g/mol. The first-order valence-electron chi connectivity index (χ1n) is 13.8. The SMILES string of the molecule is c1ccc2c(c1)oc1cccc(-c3ccc4c(c3)OCOc3ccc(-n5c6ccccc6c6ccccc65)cc3-4)c12. The molecule has 4 nitrogen and oxygen atoms in total. The molecule has 41 heavy (non-hydrogen) atoms. The van der Waals surface area contributed by atoms with Gasteiger partial charge >= 0.3 is 0 Å². The molecule has 6 aromatic carbocycles. The number of furan rings is 1. The maximum atomic E-state index is 6.19. The van der Waals surface area contributed by atoms with Crippen LogP contribution < -0.4 is 9.47 Å². The molecule has 0 bridgehead atoms. The average Bonchev–Trinajstić information content (AvgIpc) is 3.51. The van der Waals surface area contributed by atoms with Gasteiger partial charge in [-0.15, -0.1) is 0 Å². The number of rotatable bonds is 2. The number of hydrogen-bond donors (Lipinski definition) is 0. The molecule has 9 rings (SSSR count). The number of benzene rings is 6. The van der Waals surface area contributed by atoms with Gasteiger partial charge in [0.2, 0.25) is 6.79 Å². The van der Waals surface area contributed by atoms with E-state index in [1.54, 1.807) is 0 Å². The summed E-state index contributed by atoms with van der Waals surface area (Å²) in [5.41, 5.74) is 9.40. The fourth-order valence-electron chi connectivity index (χ4n) is 6.40. The minimum Gasteiger partial charge on any atom is -0.457 e. The van der Waals surface area contributed by atoms with E-state index in [0.29, 0.717) is 0 Å². The molecule has 0 radical (unpaired) electrons. The Balaban J connectivity index is 1.23. The molecule has 0 aliphatic carbocycles. The predicted molar refractivity (Wildman–Crippen MR) is 165 cm³/mol. The van der Waals surface area contributed by atoms with Gasteiger partial charge < -0.3 is 18.5 Å². The van der Waals surface area contributed by atoms with E-state index >= 15 is 0 Å². The van der Waals surface area contributed by atoms with Crippen molar-refractivity contribution in [3.05, 3.63) is 127 Å². The standard InChI is InChI=1S/C37H23NO3/c1-4-12-31-26(8-1)27-9-2-5-13-32(27)38(31)24-17-19-33-30(21-24)28-18-16-23(20-36(28)40-22-39-33)25-11-7-15-35-37(25)29-10-3-6-14-34(29)41-35/h1-21H,22H2. The molecule has 0 spiro atoms. The van der Waals surface area contributed by atoms with Gasteiger partial charge in [-0.3, -0.25) is 0 Å². The summed E-state index contributed by atoms with van der Waals surface area (Å²) in [6, 6.07) is 44.4. The molecule has 2 aromatic heterocycles. The quantitative estimate of drug-likeness (QED) is 0.224. The highest BCUT2D eigenvalue weighted by atomic mass is 16.7. The molecule has 4 heteroatoms. The summed E-state index contributed by atoms with van der Waals surface area (Å²) in [5.74, 6) is 1.61. The van der Waals surface area contributed by atoms with Crippen molar-refractivity contribution in [2.75, 3.05) is 6.79 Å². The van der Waals surface area contributed by atoms with Crippen molar-refractivity contribution in [2.45, 2.75) is 0 Å². The van der Waals surface area contributed by atoms with E-state index in [-0.39, 0.29) is 6.79 Å². The van der Waals surface area contributed by atoms with E-state index in [2.05, 4.69) is 108 Å². The van der Waals surface area contributed by atoms with Gasteiger partial charge in [-0.2, -0.15) is 0 Å². The van der Waals surface area contributed by atoms with E-state index in [9.17, 15) is 0 Å². The van der Waals surface area contributed by atoms with Gasteiger partial charge in [0, 0.05) is 38.4 Å². The van der Waals surface area contributed by atoms with Crippen LogP contribution >= 0.6 is 0 Å². The molecule has 1 aliphatic rings. The van der Waals surface area contributed by atoms with Crippen molar-refractivity contribution < 1.29 is 13.9 Å². The highest BCUT2D eigenvalue weighted by Crippen LogP contribution is 2.44. The van der Waals surface area contributed by atoms with E-state index < -0.39 is 0 Å². The van der Waals surface area contributed by atoms with Crippen LogP contribution in [0.3, 0.4) is 0 Å². The van der Waals surface area contributed by atoms with Crippen LogP contribution in [0.25, 0.3) is 71.7 Å². The second-order valence-electron chi connectivity index (χ2n) is 10.4. The van der Waals surface area contributed by atoms with Crippen LogP contribution in [0.2, 0.25) is 0 Å². The average molecular weight is 530 g/mol. The summed E-state index contributed by atoms with van der Waals surface area (Å²) < 4.78 is 20.8. The maximum Gasteiger partial charge on any atom is 0.230 e. The minimum absolute atomic E-state index is 0.150. The molecule has 1 aliphatic heterocycles. The molecular formula is C37H23NO3. The Morgan fingerprint density at radius 3 is 2.02 bits per heavy atom. The smallest absolute Gasteiger partial charge is 0.230 e. The lowest BCUT2D eigenvalue weighted by molar-refractivity contribution is 0.125. The minimum atomic E-state index is 0.150. The molecule has 0 saturated heterocycles. The van der Waals surface area contributed by atoms with Crippen molar-refractivity contribution in [1.29, 1.82) is 0 Å². The second-order valence-corrected chi connectivity index (χ2v) is 10.4. The van der Waals surface area contributed by atoms with Crippen molar-refractivity contribution in [1.82, 2.24) is 4.57 Å². The van der Waals surface area contributed by atoms with Crippen LogP contribution in [0.4, 0.5) is 0 Å². The van der Waals surface area contributed by atoms with Crippen LogP contribution in [0, 0.1) is 0 Å². The Bertz CT molecular complexity index is 2250. The van der Waals surface area contributed by atoms with E-state index in [4.69, 9.17) is 13.9 Å². The van der Waals surface area contributed by atoms with E-state index in [0.717, 1.165) is 61.4 Å². The summed E-state index contributed by atoms with van der Waals surface area (Å²) >= 11 is 0. The van der Waals surface area contributed by atoms with Crippen molar-refractivity contribution in [3.8, 4) is 39.4 Å². The van der Waals surface area contributed by atoms with Crippen LogP contribution in [-0.2, 0) is 0 Å². The molecule has 0 amide bonds. The Morgan fingerprint density at radius 2 is 1.20 bits per heavy atom. The molecule has 0 N–H and O–H groups in total. The molecule has 0 saturated carbocycles. The van der Waals surface area contributed by atoms with Gasteiger partial charge in [0.15, 0.2) is 0 Å². The summed E-state index contributed by atoms with van der Waals surface area (Å²) in [6.45, 7) is 0.150. The van der Waals surface area contributed by atoms with Crippen LogP contribution in [0.15, 0.2) is 132 Å². The molecule has 8 aromatic rings. The first-order valence-corrected chi connectivity index (χ1v) is 13.8. The first kappa shape index (κ1) is 22.3. The number of hydrogen-bond acceptors (Lipinski definition) is 3. The zero-order valence-electron chi connectivity index (χ0n) is 22.0. The largest absolute Gasteiger partial charge is 0.457 e. The number of nitrogens with zero attached hydrogens (tertiary/aromatic N) is 1. The first-order chi connectivity index (χ1) is 20.3. The topological polar surface area (TPSA) is 36.5 Å². The molecule has 194 valence electrons. The highest BCUT2D eigenvalue weighted by molar-refractivity contribution is 6.12. The van der Waals surface area contributed by atoms with Crippen molar-refractivity contribution >= 4 is 43.7 Å². The third-order valence-corrected chi connectivity index (χ3v) is 8.22. The van der Waals surface area contributed by atoms with Gasteiger partial charge in [-0.1, -0.05) is 72.8 Å². The summed E-state index contributed by atoms with van der Waals surface area (Å²) in [4.78, 5) is 0. The summed E-state index contributed by atoms with van der Waals surface area (Å²) in [7, 11) is 0. The number of ether oxygens (including phenoxy) is 2. The van der Waals surface area contributed by atoms with E-state index in [1.165, 1.54) is 21.8 Å². The predicted octanol–water partition coefficient (Wildman–Crippen LogP) is 9.75. The van der Waals surface area contributed by atoms with Gasteiger partial charge in [0.1, 0.15) is 22.7 Å². The second kappa shape index (κ2) is 8.51. The van der Waals surface area contributed by atoms with Gasteiger partial charge in [-0.05, 0) is 65.7 Å². The van der Waals surface area contributed by atoms with Gasteiger partial charge in [-0.25, -0.2) is 0 Å². The molecule has 3 heterocycles. The Labute approximate surface area is 235 Å². The van der Waals surface area contributed by atoms with Crippen LogP contribution in [0.5, 0.6) is 11.5 Å². The lowest BCUT2D eigenvalue weighted by Crippen LogP contribution is -2.03. The summed E-state index contributed by atoms with van der Waals surface area (Å²) in [5, 5.41) is 4.70. The zero-order chi connectivity index (χ0) is 26.9. The van der Waals surface area contributed by atoms with Gasteiger partial charge in [0.05, 0.1) is 11.0 Å². The van der Waals surface area contributed by atoms with E-state index in [1.807, 2.05) is 24.3 Å². The molecule has 0 atom stereocenters. The number of para-hydroxylation sites is 3.